The van der Waals surface area contributed by atoms with Gasteiger partial charge in [0, 0.05) is 19.5 Å². The minimum Gasteiger partial charge on any atom is -0.343 e. The Morgan fingerprint density at radius 3 is 1.94 bits per heavy atom. The first-order valence-corrected chi connectivity index (χ1v) is 6.89. The molecule has 1 amide bonds. The van der Waals surface area contributed by atoms with E-state index in [-0.39, 0.29) is 0 Å². The molecule has 0 radical (unpaired) electrons. The van der Waals surface area contributed by atoms with E-state index in [9.17, 15) is 4.79 Å². The van der Waals surface area contributed by atoms with Crippen LogP contribution < -0.4 is 0 Å². The topological polar surface area (TPSA) is 20.3 Å². The second-order valence-electron chi connectivity index (χ2n) is 5.04. The Bertz CT molecular complexity index is 170. The van der Waals surface area contributed by atoms with Crippen LogP contribution in [-0.2, 0) is 4.79 Å². The summed E-state index contributed by atoms with van der Waals surface area (Å²) >= 11 is 0. The highest BCUT2D eigenvalue weighted by Crippen LogP contribution is 2.12. The van der Waals surface area contributed by atoms with E-state index in [1.165, 1.54) is 32.1 Å². The summed E-state index contributed by atoms with van der Waals surface area (Å²) in [7, 11) is 0. The van der Waals surface area contributed by atoms with Crippen molar-refractivity contribution in [2.75, 3.05) is 13.1 Å². The number of carbonyl (C=O) groups is 1. The van der Waals surface area contributed by atoms with Crippen molar-refractivity contribution >= 4 is 5.91 Å². The molecule has 2 nitrogen and oxygen atoms in total. The number of hydrogen-bond donors (Lipinski definition) is 0. The molecule has 0 N–H and O–H groups in total. The second kappa shape index (κ2) is 9.68. The van der Waals surface area contributed by atoms with E-state index in [0.717, 1.165) is 19.5 Å². The van der Waals surface area contributed by atoms with Crippen molar-refractivity contribution in [3.8, 4) is 0 Å². The summed E-state index contributed by atoms with van der Waals surface area (Å²) in [6, 6.07) is 0. The fourth-order valence-electron chi connectivity index (χ4n) is 1.62. The van der Waals surface area contributed by atoms with Crippen molar-refractivity contribution in [2.45, 2.75) is 66.2 Å². The minimum absolute atomic E-state index is 0.352. The zero-order chi connectivity index (χ0) is 12.4. The van der Waals surface area contributed by atoms with Gasteiger partial charge in [0.05, 0.1) is 0 Å². The average Bonchev–Trinajstić information content (AvgIpc) is 2.30. The summed E-state index contributed by atoms with van der Waals surface area (Å²) < 4.78 is 0. The third-order valence-corrected chi connectivity index (χ3v) is 2.79. The molecule has 0 aromatic heterocycles. The molecule has 1 saturated heterocycles. The lowest BCUT2D eigenvalue weighted by Gasteiger charge is -2.27. The van der Waals surface area contributed by atoms with Gasteiger partial charge in [-0.1, -0.05) is 40.5 Å². The first-order valence-electron chi connectivity index (χ1n) is 6.89. The van der Waals surface area contributed by atoms with Crippen LogP contribution >= 0.6 is 0 Å². The summed E-state index contributed by atoms with van der Waals surface area (Å²) in [5.74, 6) is 0.851. The Balaban J connectivity index is 0.000000487. The Hall–Kier alpha value is -0.530. The molecule has 0 atom stereocenters. The minimum atomic E-state index is 0.352. The zero-order valence-corrected chi connectivity index (χ0v) is 11.6. The SMILES string of the molecule is CC(C)CC(=O)N1CCCCC1.CCCC. The largest absolute Gasteiger partial charge is 0.343 e. The molecule has 16 heavy (non-hydrogen) atoms. The number of rotatable bonds is 3. The summed E-state index contributed by atoms with van der Waals surface area (Å²) in [5, 5.41) is 0. The van der Waals surface area contributed by atoms with Crippen molar-refractivity contribution in [1.82, 2.24) is 4.90 Å². The van der Waals surface area contributed by atoms with Gasteiger partial charge in [0.1, 0.15) is 0 Å². The predicted octanol–water partition coefficient (Wildman–Crippen LogP) is 3.85. The Kier molecular flexibility index (Phi) is 9.36. The van der Waals surface area contributed by atoms with E-state index in [4.69, 9.17) is 0 Å². The van der Waals surface area contributed by atoms with Crippen molar-refractivity contribution in [3.05, 3.63) is 0 Å². The summed E-state index contributed by atoms with van der Waals surface area (Å²) in [5.41, 5.74) is 0. The predicted molar refractivity (Wildman–Crippen MR) is 70.5 cm³/mol. The molecule has 1 aliphatic heterocycles. The fourth-order valence-corrected chi connectivity index (χ4v) is 1.62. The van der Waals surface area contributed by atoms with Gasteiger partial charge >= 0.3 is 0 Å². The summed E-state index contributed by atoms with van der Waals surface area (Å²) in [4.78, 5) is 13.6. The van der Waals surface area contributed by atoms with Crippen molar-refractivity contribution in [3.63, 3.8) is 0 Å². The van der Waals surface area contributed by atoms with Crippen molar-refractivity contribution in [1.29, 1.82) is 0 Å². The van der Waals surface area contributed by atoms with Gasteiger partial charge < -0.3 is 4.90 Å². The average molecular weight is 227 g/mol. The fraction of sp³-hybridized carbons (Fsp3) is 0.929. The van der Waals surface area contributed by atoms with Gasteiger partial charge in [0.25, 0.3) is 0 Å². The molecular formula is C14H29NO. The normalized spacial score (nSPS) is 15.7. The van der Waals surface area contributed by atoms with Crippen molar-refractivity contribution in [2.24, 2.45) is 5.92 Å². The Morgan fingerprint density at radius 1 is 1.06 bits per heavy atom. The van der Waals surface area contributed by atoms with Gasteiger partial charge in [0.2, 0.25) is 5.91 Å². The first kappa shape index (κ1) is 15.5. The van der Waals surface area contributed by atoms with Gasteiger partial charge in [0.15, 0.2) is 0 Å². The number of nitrogens with zero attached hydrogens (tertiary/aromatic N) is 1. The molecule has 0 unspecified atom stereocenters. The highest BCUT2D eigenvalue weighted by atomic mass is 16.2. The first-order chi connectivity index (χ1) is 7.61. The standard InChI is InChI=1S/C10H19NO.C4H10/c1-9(2)8-10(12)11-6-4-3-5-7-11;1-3-4-2/h9H,3-8H2,1-2H3;3-4H2,1-2H3. The molecule has 0 aromatic carbocycles. The van der Waals surface area contributed by atoms with Crippen LogP contribution in [0.2, 0.25) is 0 Å². The molecule has 96 valence electrons. The maximum atomic E-state index is 11.5. The van der Waals surface area contributed by atoms with Crippen molar-refractivity contribution < 1.29 is 4.79 Å². The number of carbonyl (C=O) groups excluding carboxylic acids is 1. The molecular weight excluding hydrogens is 198 g/mol. The van der Waals surface area contributed by atoms with Crippen LogP contribution in [-0.4, -0.2) is 23.9 Å². The van der Waals surface area contributed by atoms with Gasteiger partial charge in [-0.15, -0.1) is 0 Å². The molecule has 0 aliphatic carbocycles. The number of amides is 1. The number of piperidine rings is 1. The van der Waals surface area contributed by atoms with Gasteiger partial charge in [-0.2, -0.15) is 0 Å². The van der Waals surface area contributed by atoms with Gasteiger partial charge in [-0.05, 0) is 25.2 Å². The van der Waals surface area contributed by atoms with E-state index in [0.29, 0.717) is 11.8 Å². The highest BCUT2D eigenvalue weighted by molar-refractivity contribution is 5.76. The van der Waals surface area contributed by atoms with E-state index in [2.05, 4.69) is 27.7 Å². The van der Waals surface area contributed by atoms with E-state index in [1.54, 1.807) is 0 Å². The van der Waals surface area contributed by atoms with E-state index in [1.807, 2.05) is 4.90 Å². The number of unbranched alkanes of at least 4 members (excludes halogenated alkanes) is 1. The third-order valence-electron chi connectivity index (χ3n) is 2.79. The highest BCUT2D eigenvalue weighted by Gasteiger charge is 2.16. The molecule has 0 saturated carbocycles. The molecule has 2 heteroatoms. The maximum absolute atomic E-state index is 11.5. The molecule has 1 aliphatic rings. The van der Waals surface area contributed by atoms with Gasteiger partial charge in [-0.3, -0.25) is 4.79 Å². The second-order valence-corrected chi connectivity index (χ2v) is 5.04. The monoisotopic (exact) mass is 227 g/mol. The van der Waals surface area contributed by atoms with Crippen LogP contribution in [0.15, 0.2) is 0 Å². The number of hydrogen-bond acceptors (Lipinski definition) is 1. The smallest absolute Gasteiger partial charge is 0.222 e. The molecule has 0 bridgehead atoms. The quantitative estimate of drug-likeness (QED) is 0.717. The molecule has 0 spiro atoms. The molecule has 0 aromatic rings. The van der Waals surface area contributed by atoms with Crippen LogP contribution in [0.25, 0.3) is 0 Å². The molecule has 1 rings (SSSR count). The molecule has 1 fully saturated rings. The zero-order valence-electron chi connectivity index (χ0n) is 11.6. The lowest BCUT2D eigenvalue weighted by atomic mass is 10.1. The third kappa shape index (κ3) is 7.72. The van der Waals surface area contributed by atoms with Crippen LogP contribution in [0.5, 0.6) is 0 Å². The van der Waals surface area contributed by atoms with Crippen LogP contribution in [0.1, 0.15) is 66.2 Å². The van der Waals surface area contributed by atoms with Crippen LogP contribution in [0, 0.1) is 5.92 Å². The lowest BCUT2D eigenvalue weighted by molar-refractivity contribution is -0.132. The van der Waals surface area contributed by atoms with Crippen LogP contribution in [0.4, 0.5) is 0 Å². The summed E-state index contributed by atoms with van der Waals surface area (Å²) in [6.07, 6.45) is 7.05. The maximum Gasteiger partial charge on any atom is 0.222 e. The number of likely N-dealkylation sites (tertiary alicyclic amines) is 1. The lowest BCUT2D eigenvalue weighted by Crippen LogP contribution is -2.36. The van der Waals surface area contributed by atoms with Gasteiger partial charge in [-0.25, -0.2) is 0 Å². The molecule has 1 heterocycles. The van der Waals surface area contributed by atoms with E-state index >= 15 is 0 Å². The summed E-state index contributed by atoms with van der Waals surface area (Å²) in [6.45, 7) is 10.5. The Morgan fingerprint density at radius 2 is 1.56 bits per heavy atom. The van der Waals surface area contributed by atoms with E-state index < -0.39 is 0 Å². The Labute approximate surface area is 101 Å². The van der Waals surface area contributed by atoms with Crippen LogP contribution in [0.3, 0.4) is 0 Å².